The zero-order valence-corrected chi connectivity index (χ0v) is 18.4. The first-order chi connectivity index (χ1) is 15.4. The molecule has 2 aliphatic heterocycles. The number of carboxylic acids is 1. The fraction of sp³-hybridized carbons (Fsp3) is 0.636. The lowest BCUT2D eigenvalue weighted by atomic mass is 9.72. The summed E-state index contributed by atoms with van der Waals surface area (Å²) in [6.07, 6.45) is 5.07. The molecule has 10 heteroatoms. The average Bonchev–Trinajstić information content (AvgIpc) is 2.79. The molecule has 1 unspecified atom stereocenters. The zero-order chi connectivity index (χ0) is 22.7. The number of carboxylic acid groups (broad SMARTS) is 1. The van der Waals surface area contributed by atoms with E-state index in [0.29, 0.717) is 37.0 Å². The Kier molecular flexibility index (Phi) is 7.35. The van der Waals surface area contributed by atoms with Crippen molar-refractivity contribution in [1.29, 1.82) is 0 Å². The van der Waals surface area contributed by atoms with Gasteiger partial charge in [0.2, 0.25) is 5.91 Å². The summed E-state index contributed by atoms with van der Waals surface area (Å²) in [7, 11) is -1.27. The minimum atomic E-state index is -1.27. The van der Waals surface area contributed by atoms with Crippen LogP contribution in [0.3, 0.4) is 0 Å². The van der Waals surface area contributed by atoms with Crippen LogP contribution >= 0.6 is 0 Å². The van der Waals surface area contributed by atoms with E-state index in [0.717, 1.165) is 51.9 Å². The molecule has 0 aromatic heterocycles. The van der Waals surface area contributed by atoms with Crippen LogP contribution < -0.4 is 15.7 Å². The molecule has 1 aromatic carbocycles. The van der Waals surface area contributed by atoms with E-state index in [1.54, 1.807) is 12.1 Å². The number of rotatable bonds is 6. The smallest absolute Gasteiger partial charge is 0.534 e. The normalized spacial score (nSPS) is 26.8. The molecule has 1 saturated carbocycles. The Balaban J connectivity index is 1.24. The molecule has 1 amide bonds. The summed E-state index contributed by atoms with van der Waals surface area (Å²) in [4.78, 5) is 28.9. The number of nitrogens with zero attached hydrogens (tertiary/aromatic N) is 2. The SMILES string of the molecule is NCN1CCN(C2CCC(CC(=O)NC3Cc4cccc(C(=O)O)c4OB3O)CC2)CC1. The number of carbonyl (C=O) groups excluding carboxylic acids is 1. The first-order valence-corrected chi connectivity index (χ1v) is 11.6. The second-order valence-corrected chi connectivity index (χ2v) is 9.20. The molecule has 3 aliphatic rings. The van der Waals surface area contributed by atoms with E-state index in [2.05, 4.69) is 15.1 Å². The number of hydrogen-bond acceptors (Lipinski definition) is 7. The van der Waals surface area contributed by atoms with Crippen molar-refractivity contribution in [3.8, 4) is 5.75 Å². The van der Waals surface area contributed by atoms with Gasteiger partial charge in [0.1, 0.15) is 5.75 Å². The predicted molar refractivity (Wildman–Crippen MR) is 120 cm³/mol. The van der Waals surface area contributed by atoms with Crippen LogP contribution in [0.5, 0.6) is 5.75 Å². The number of carbonyl (C=O) groups is 2. The number of amides is 1. The van der Waals surface area contributed by atoms with Crippen molar-refractivity contribution in [3.63, 3.8) is 0 Å². The lowest BCUT2D eigenvalue weighted by Crippen LogP contribution is -2.53. The third-order valence-electron chi connectivity index (χ3n) is 7.17. The Morgan fingerprint density at radius 2 is 1.88 bits per heavy atom. The van der Waals surface area contributed by atoms with Crippen LogP contribution in [-0.4, -0.2) is 83.8 Å². The second kappa shape index (κ2) is 10.2. The van der Waals surface area contributed by atoms with Crippen LogP contribution in [-0.2, 0) is 11.2 Å². The molecule has 2 fully saturated rings. The van der Waals surface area contributed by atoms with E-state index in [-0.39, 0.29) is 17.2 Å². The minimum absolute atomic E-state index is 0.0209. The third kappa shape index (κ3) is 5.25. The van der Waals surface area contributed by atoms with Gasteiger partial charge in [-0.2, -0.15) is 0 Å². The van der Waals surface area contributed by atoms with Gasteiger partial charge in [-0.15, -0.1) is 0 Å². The van der Waals surface area contributed by atoms with Crippen LogP contribution in [0.1, 0.15) is 48.0 Å². The van der Waals surface area contributed by atoms with Crippen molar-refractivity contribution in [3.05, 3.63) is 29.3 Å². The number of piperazine rings is 1. The van der Waals surface area contributed by atoms with Gasteiger partial charge >= 0.3 is 13.1 Å². The molecule has 1 aliphatic carbocycles. The van der Waals surface area contributed by atoms with Crippen molar-refractivity contribution >= 4 is 19.0 Å². The van der Waals surface area contributed by atoms with Gasteiger partial charge in [-0.1, -0.05) is 12.1 Å². The first kappa shape index (κ1) is 23.0. The molecular formula is C22H33BN4O5. The summed E-state index contributed by atoms with van der Waals surface area (Å²) in [5, 5.41) is 22.6. The highest BCUT2D eigenvalue weighted by atomic mass is 16.5. The molecule has 1 aromatic rings. The maximum atomic E-state index is 12.7. The van der Waals surface area contributed by atoms with E-state index >= 15 is 0 Å². The van der Waals surface area contributed by atoms with E-state index in [1.165, 1.54) is 6.07 Å². The molecule has 0 spiro atoms. The Hall–Kier alpha value is -2.14. The zero-order valence-electron chi connectivity index (χ0n) is 18.4. The third-order valence-corrected chi connectivity index (χ3v) is 7.17. The number of hydrogen-bond donors (Lipinski definition) is 4. The lowest BCUT2D eigenvalue weighted by Gasteiger charge is -2.41. The Bertz CT molecular complexity index is 825. The summed E-state index contributed by atoms with van der Waals surface area (Å²) >= 11 is 0. The summed E-state index contributed by atoms with van der Waals surface area (Å²) in [6, 6.07) is 5.46. The predicted octanol–water partition coefficient (Wildman–Crippen LogP) is 0.307. The number of para-hydroxylation sites is 1. The molecule has 1 atom stereocenters. The van der Waals surface area contributed by atoms with Gasteiger partial charge in [0, 0.05) is 45.3 Å². The molecule has 0 radical (unpaired) electrons. The number of nitrogens with two attached hydrogens (primary N) is 1. The Morgan fingerprint density at radius 3 is 2.53 bits per heavy atom. The number of fused-ring (bicyclic) bond motifs is 1. The Labute approximate surface area is 189 Å². The standard InChI is InChI=1S/C22H33BN4O5/c24-14-26-8-10-27(11-9-26)17-6-4-15(5-7-17)12-20(28)25-19-13-16-2-1-3-18(22(29)30)21(16)32-23(19)31/h1-3,15,17,19,31H,4-14,24H2,(H,25,28)(H,29,30). The van der Waals surface area contributed by atoms with Crippen LogP contribution in [0.15, 0.2) is 18.2 Å². The van der Waals surface area contributed by atoms with E-state index in [1.807, 2.05) is 0 Å². The topological polar surface area (TPSA) is 128 Å². The molecule has 0 bridgehead atoms. The van der Waals surface area contributed by atoms with Gasteiger partial charge in [0.15, 0.2) is 0 Å². The highest BCUT2D eigenvalue weighted by molar-refractivity contribution is 6.47. The van der Waals surface area contributed by atoms with Crippen LogP contribution in [0.2, 0.25) is 0 Å². The Morgan fingerprint density at radius 1 is 1.16 bits per heavy atom. The van der Waals surface area contributed by atoms with Crippen molar-refractivity contribution in [1.82, 2.24) is 15.1 Å². The quantitative estimate of drug-likeness (QED) is 0.462. The maximum Gasteiger partial charge on any atom is 0.547 e. The van der Waals surface area contributed by atoms with Crippen molar-refractivity contribution in [2.24, 2.45) is 11.7 Å². The van der Waals surface area contributed by atoms with Gasteiger partial charge in [-0.05, 0) is 49.7 Å². The monoisotopic (exact) mass is 444 g/mol. The molecule has 2 heterocycles. The van der Waals surface area contributed by atoms with Gasteiger partial charge in [0.25, 0.3) is 0 Å². The van der Waals surface area contributed by atoms with Gasteiger partial charge in [-0.3, -0.25) is 14.6 Å². The average molecular weight is 444 g/mol. The van der Waals surface area contributed by atoms with E-state index in [9.17, 15) is 19.7 Å². The van der Waals surface area contributed by atoms with Gasteiger partial charge in [-0.25, -0.2) is 4.79 Å². The molecule has 5 N–H and O–H groups in total. The molecular weight excluding hydrogens is 411 g/mol. The van der Waals surface area contributed by atoms with E-state index < -0.39 is 19.0 Å². The number of nitrogens with one attached hydrogen (secondary N) is 1. The molecule has 1 saturated heterocycles. The molecule has 4 rings (SSSR count). The summed E-state index contributed by atoms with van der Waals surface area (Å²) in [5.41, 5.74) is 6.43. The summed E-state index contributed by atoms with van der Waals surface area (Å²) in [5.74, 6) is -1.24. The first-order valence-electron chi connectivity index (χ1n) is 11.6. The van der Waals surface area contributed by atoms with Crippen LogP contribution in [0, 0.1) is 5.92 Å². The second-order valence-electron chi connectivity index (χ2n) is 9.20. The van der Waals surface area contributed by atoms with Crippen LogP contribution in [0.25, 0.3) is 0 Å². The van der Waals surface area contributed by atoms with Crippen molar-refractivity contribution in [2.75, 3.05) is 32.8 Å². The fourth-order valence-corrected chi connectivity index (χ4v) is 5.27. The van der Waals surface area contributed by atoms with Gasteiger partial charge in [0.05, 0.1) is 11.5 Å². The highest BCUT2D eigenvalue weighted by Gasteiger charge is 2.38. The fourth-order valence-electron chi connectivity index (χ4n) is 5.27. The number of aromatic carboxylic acids is 1. The largest absolute Gasteiger partial charge is 0.547 e. The molecule has 32 heavy (non-hydrogen) atoms. The number of benzene rings is 1. The minimum Gasteiger partial charge on any atom is -0.534 e. The summed E-state index contributed by atoms with van der Waals surface area (Å²) in [6.45, 7) is 4.82. The molecule has 174 valence electrons. The van der Waals surface area contributed by atoms with Crippen LogP contribution in [0.4, 0.5) is 0 Å². The van der Waals surface area contributed by atoms with Gasteiger partial charge < -0.3 is 25.8 Å². The highest BCUT2D eigenvalue weighted by Crippen LogP contribution is 2.32. The molecule has 9 nitrogen and oxygen atoms in total. The maximum absolute atomic E-state index is 12.7. The van der Waals surface area contributed by atoms with Crippen molar-refractivity contribution < 1.29 is 24.4 Å². The summed E-state index contributed by atoms with van der Waals surface area (Å²) < 4.78 is 5.47. The lowest BCUT2D eigenvalue weighted by molar-refractivity contribution is -0.122. The van der Waals surface area contributed by atoms with E-state index in [4.69, 9.17) is 10.4 Å². The van der Waals surface area contributed by atoms with Crippen molar-refractivity contribution in [2.45, 2.75) is 50.5 Å².